The van der Waals surface area contributed by atoms with Gasteiger partial charge in [0.15, 0.2) is 9.04 Å². The van der Waals surface area contributed by atoms with Crippen LogP contribution in [0.1, 0.15) is 32.8 Å². The molecule has 2 unspecified atom stereocenters. The molecule has 0 aromatic heterocycles. The molecule has 0 aliphatic carbocycles. The highest BCUT2D eigenvalue weighted by Gasteiger charge is 2.41. The molecule has 0 bridgehead atoms. The summed E-state index contributed by atoms with van der Waals surface area (Å²) in [5.41, 5.74) is 0.793. The summed E-state index contributed by atoms with van der Waals surface area (Å²) in [6, 6.07) is 9.61. The van der Waals surface area contributed by atoms with Gasteiger partial charge in [-0.3, -0.25) is 4.79 Å². The highest BCUT2D eigenvalue weighted by atomic mass is 28.3. The molecule has 1 amide bonds. The second kappa shape index (κ2) is 8.82. The van der Waals surface area contributed by atoms with Crippen molar-refractivity contribution in [2.24, 2.45) is 11.3 Å². The van der Waals surface area contributed by atoms with Gasteiger partial charge in [0.05, 0.1) is 12.0 Å². The first kappa shape index (κ1) is 20.6. The van der Waals surface area contributed by atoms with E-state index >= 15 is 0 Å². The maximum Gasteiger partial charge on any atom is 0.410 e. The summed E-state index contributed by atoms with van der Waals surface area (Å²) >= 11 is 0. The van der Waals surface area contributed by atoms with Gasteiger partial charge in [-0.2, -0.15) is 0 Å². The quantitative estimate of drug-likeness (QED) is 0.735. The molecule has 0 N–H and O–H groups in total. The first-order valence-corrected chi connectivity index (χ1v) is 12.1. The molecule has 144 valence electrons. The summed E-state index contributed by atoms with van der Waals surface area (Å²) in [6.45, 7) is 11.5. The van der Waals surface area contributed by atoms with Crippen molar-refractivity contribution in [3.63, 3.8) is 0 Å². The van der Waals surface area contributed by atoms with Crippen LogP contribution in [0.3, 0.4) is 0 Å². The summed E-state index contributed by atoms with van der Waals surface area (Å²) in [6.07, 6.45) is -0.173. The van der Waals surface area contributed by atoms with Gasteiger partial charge in [0.25, 0.3) is 0 Å². The molecule has 1 saturated heterocycles. The number of rotatable bonds is 5. The smallest absolute Gasteiger partial charge is 0.410 e. The van der Waals surface area contributed by atoms with E-state index in [9.17, 15) is 9.59 Å². The van der Waals surface area contributed by atoms with Crippen LogP contribution in [-0.4, -0.2) is 45.0 Å². The number of benzene rings is 1. The normalized spacial score (nSPS) is 19.5. The fourth-order valence-corrected chi connectivity index (χ4v) is 4.48. The Labute approximate surface area is 158 Å². The number of hydrogen-bond donors (Lipinski definition) is 0. The van der Waals surface area contributed by atoms with Crippen LogP contribution in [0.4, 0.5) is 4.79 Å². The molecule has 1 aliphatic rings. The standard InChI is InChI=1S/C20H31NO4Si/c1-20(2,3)18(25-26(4)5)16-13-21(12-11-17(16)22)19(23)24-14-15-9-7-6-8-10-15/h6-10,16,18,26H,11-14H2,1-5H3. The third kappa shape index (κ3) is 5.67. The van der Waals surface area contributed by atoms with Crippen molar-refractivity contribution >= 4 is 20.9 Å². The number of carbonyl (C=O) groups excluding carboxylic acids is 2. The third-order valence-electron chi connectivity index (χ3n) is 4.56. The van der Waals surface area contributed by atoms with Gasteiger partial charge in [-0.05, 0) is 24.1 Å². The summed E-state index contributed by atoms with van der Waals surface area (Å²) in [5.74, 6) is -0.102. The van der Waals surface area contributed by atoms with Gasteiger partial charge in [0, 0.05) is 19.5 Å². The van der Waals surface area contributed by atoms with E-state index < -0.39 is 9.04 Å². The van der Waals surface area contributed by atoms with Gasteiger partial charge < -0.3 is 14.1 Å². The fraction of sp³-hybridized carbons (Fsp3) is 0.600. The zero-order valence-corrected chi connectivity index (χ0v) is 17.7. The average Bonchev–Trinajstić information content (AvgIpc) is 2.58. The van der Waals surface area contributed by atoms with Crippen molar-refractivity contribution in [1.29, 1.82) is 0 Å². The molecule has 0 saturated carbocycles. The minimum Gasteiger partial charge on any atom is -0.445 e. The summed E-state index contributed by atoms with van der Waals surface area (Å²) in [7, 11) is -1.31. The van der Waals surface area contributed by atoms with E-state index in [0.29, 0.717) is 19.5 Å². The minimum absolute atomic E-state index is 0.158. The Kier molecular flexibility index (Phi) is 7.00. The molecule has 0 radical (unpaired) electrons. The topological polar surface area (TPSA) is 55.8 Å². The van der Waals surface area contributed by atoms with E-state index in [0.717, 1.165) is 5.56 Å². The lowest BCUT2D eigenvalue weighted by molar-refractivity contribution is -0.132. The molecule has 1 fully saturated rings. The van der Waals surface area contributed by atoms with Crippen molar-refractivity contribution in [2.75, 3.05) is 13.1 Å². The number of carbonyl (C=O) groups is 2. The monoisotopic (exact) mass is 377 g/mol. The Morgan fingerprint density at radius 3 is 2.50 bits per heavy atom. The number of nitrogens with zero attached hydrogens (tertiary/aromatic N) is 1. The van der Waals surface area contributed by atoms with Gasteiger partial charge in [0.2, 0.25) is 0 Å². The van der Waals surface area contributed by atoms with Crippen molar-refractivity contribution in [2.45, 2.75) is 53.0 Å². The van der Waals surface area contributed by atoms with Gasteiger partial charge in [-0.1, -0.05) is 51.1 Å². The number of likely N-dealkylation sites (tertiary alicyclic amines) is 1. The maximum absolute atomic E-state index is 12.6. The SMILES string of the molecule is C[SiH](C)OC(C1CN(C(=O)OCc2ccccc2)CCC1=O)C(C)(C)C. The minimum atomic E-state index is -1.31. The van der Waals surface area contributed by atoms with Crippen LogP contribution in [0.2, 0.25) is 13.1 Å². The lowest BCUT2D eigenvalue weighted by Gasteiger charge is -2.41. The molecule has 6 heteroatoms. The molecule has 5 nitrogen and oxygen atoms in total. The summed E-state index contributed by atoms with van der Waals surface area (Å²) in [5, 5.41) is 0. The highest BCUT2D eigenvalue weighted by Crippen LogP contribution is 2.32. The number of Topliss-reactive ketones (excluding diaryl/α,β-unsaturated/α-hetero) is 1. The van der Waals surface area contributed by atoms with E-state index in [1.54, 1.807) is 4.90 Å². The van der Waals surface area contributed by atoms with Gasteiger partial charge >= 0.3 is 6.09 Å². The molecule has 1 aromatic carbocycles. The van der Waals surface area contributed by atoms with E-state index in [2.05, 4.69) is 33.9 Å². The van der Waals surface area contributed by atoms with Crippen LogP contribution in [0, 0.1) is 11.3 Å². The number of hydrogen-bond acceptors (Lipinski definition) is 4. The van der Waals surface area contributed by atoms with Gasteiger partial charge in [0.1, 0.15) is 12.4 Å². The zero-order chi connectivity index (χ0) is 19.3. The lowest BCUT2D eigenvalue weighted by Crippen LogP contribution is -2.52. The number of amides is 1. The molecule has 0 spiro atoms. The van der Waals surface area contributed by atoms with E-state index in [4.69, 9.17) is 9.16 Å². The van der Waals surface area contributed by atoms with Crippen molar-refractivity contribution in [3.8, 4) is 0 Å². The highest BCUT2D eigenvalue weighted by molar-refractivity contribution is 6.48. The molecule has 26 heavy (non-hydrogen) atoms. The second-order valence-electron chi connectivity index (χ2n) is 8.28. The Morgan fingerprint density at radius 2 is 1.92 bits per heavy atom. The predicted octanol–water partition coefficient (Wildman–Crippen LogP) is 3.63. The van der Waals surface area contributed by atoms with E-state index in [1.165, 1.54) is 0 Å². The van der Waals surface area contributed by atoms with Crippen LogP contribution in [0.15, 0.2) is 30.3 Å². The molecule has 2 atom stereocenters. The second-order valence-corrected chi connectivity index (χ2v) is 10.7. The number of ether oxygens (including phenoxy) is 1. The third-order valence-corrected chi connectivity index (χ3v) is 5.40. The van der Waals surface area contributed by atoms with Gasteiger partial charge in [-0.15, -0.1) is 0 Å². The van der Waals surface area contributed by atoms with Crippen LogP contribution < -0.4 is 0 Å². The van der Waals surface area contributed by atoms with E-state index in [1.807, 2.05) is 30.3 Å². The Balaban J connectivity index is 2.03. The maximum atomic E-state index is 12.6. The first-order valence-electron chi connectivity index (χ1n) is 9.32. The van der Waals surface area contributed by atoms with Crippen LogP contribution in [-0.2, 0) is 20.6 Å². The predicted molar refractivity (Wildman–Crippen MR) is 105 cm³/mol. The average molecular weight is 378 g/mol. The lowest BCUT2D eigenvalue weighted by atomic mass is 9.77. The molecule has 1 heterocycles. The van der Waals surface area contributed by atoms with Crippen molar-refractivity contribution < 1.29 is 18.8 Å². The molecule has 1 aliphatic heterocycles. The van der Waals surface area contributed by atoms with Crippen molar-refractivity contribution in [1.82, 2.24) is 4.90 Å². The first-order chi connectivity index (χ1) is 12.2. The summed E-state index contributed by atoms with van der Waals surface area (Å²) in [4.78, 5) is 26.7. The van der Waals surface area contributed by atoms with Crippen LogP contribution in [0.5, 0.6) is 0 Å². The van der Waals surface area contributed by atoms with Crippen molar-refractivity contribution in [3.05, 3.63) is 35.9 Å². The summed E-state index contributed by atoms with van der Waals surface area (Å²) < 4.78 is 11.7. The molecule has 1 aromatic rings. The Hall–Kier alpha value is -1.66. The largest absolute Gasteiger partial charge is 0.445 e. The molecule has 2 rings (SSSR count). The molecular formula is C20H31NO4Si. The van der Waals surface area contributed by atoms with Gasteiger partial charge in [-0.25, -0.2) is 4.79 Å². The van der Waals surface area contributed by atoms with E-state index in [-0.39, 0.29) is 35.9 Å². The number of ketones is 1. The Bertz CT molecular complexity index is 612. The van der Waals surface area contributed by atoms with Crippen LogP contribution >= 0.6 is 0 Å². The molecular weight excluding hydrogens is 346 g/mol. The van der Waals surface area contributed by atoms with Crippen LogP contribution in [0.25, 0.3) is 0 Å². The Morgan fingerprint density at radius 1 is 1.27 bits per heavy atom. The fourth-order valence-electron chi connectivity index (χ4n) is 3.30. The zero-order valence-electron chi connectivity index (χ0n) is 16.5. The number of piperidine rings is 1.